The average Bonchev–Trinajstić information content (AvgIpc) is 2.76. The molecular weight excluding hydrogens is 234 g/mol. The minimum absolute atomic E-state index is 0.340. The smallest absolute Gasteiger partial charge is 0.131 e. The maximum Gasteiger partial charge on any atom is 0.131 e. The van der Waals surface area contributed by atoms with Crippen LogP contribution in [-0.2, 0) is 6.54 Å². The summed E-state index contributed by atoms with van der Waals surface area (Å²) in [6.45, 7) is 0.340. The molecule has 0 aliphatic rings. The third kappa shape index (κ3) is 1.86. The molecule has 0 amide bonds. The summed E-state index contributed by atoms with van der Waals surface area (Å²) >= 11 is 0. The van der Waals surface area contributed by atoms with Crippen LogP contribution in [0.3, 0.4) is 0 Å². The van der Waals surface area contributed by atoms with Crippen LogP contribution >= 0.6 is 0 Å². The van der Waals surface area contributed by atoms with Crippen molar-refractivity contribution in [3.8, 4) is 0 Å². The highest BCUT2D eigenvalue weighted by molar-refractivity contribution is 5.75. The van der Waals surface area contributed by atoms with Gasteiger partial charge in [0.2, 0.25) is 0 Å². The lowest BCUT2D eigenvalue weighted by Crippen LogP contribution is -2.00. The normalized spacial score (nSPS) is 11.0. The number of fused-ring (bicyclic) bond motifs is 1. The summed E-state index contributed by atoms with van der Waals surface area (Å²) in [5, 5.41) is 0. The minimum Gasteiger partial charge on any atom is -0.326 e. The molecule has 2 nitrogen and oxygen atoms in total. The fourth-order valence-corrected chi connectivity index (χ4v) is 1.97. The first-order valence-electron chi connectivity index (χ1n) is 5.58. The van der Waals surface area contributed by atoms with Gasteiger partial charge < -0.3 is 4.57 Å². The lowest BCUT2D eigenvalue weighted by molar-refractivity contribution is 0.567. The summed E-state index contributed by atoms with van der Waals surface area (Å²) in [7, 11) is 0. The SMILES string of the molecule is Fc1ccc(Cn2cnc3ccccc32)c(F)c1. The number of halogens is 2. The Morgan fingerprint density at radius 2 is 1.89 bits per heavy atom. The third-order valence-corrected chi connectivity index (χ3v) is 2.88. The van der Waals surface area contributed by atoms with Crippen LogP contribution in [0.2, 0.25) is 0 Å². The molecule has 0 saturated carbocycles. The van der Waals surface area contributed by atoms with E-state index in [0.717, 1.165) is 17.1 Å². The largest absolute Gasteiger partial charge is 0.326 e. The number of hydrogen-bond donors (Lipinski definition) is 0. The van der Waals surface area contributed by atoms with Crippen LogP contribution in [0.4, 0.5) is 8.78 Å². The maximum atomic E-state index is 13.6. The van der Waals surface area contributed by atoms with Gasteiger partial charge in [-0.2, -0.15) is 0 Å². The van der Waals surface area contributed by atoms with Gasteiger partial charge in [0.25, 0.3) is 0 Å². The molecule has 2 aromatic carbocycles. The standard InChI is InChI=1S/C14H10F2N2/c15-11-6-5-10(12(16)7-11)8-18-9-17-13-3-1-2-4-14(13)18/h1-7,9H,8H2. The quantitative estimate of drug-likeness (QED) is 0.675. The molecule has 1 aromatic heterocycles. The Kier molecular flexibility index (Phi) is 2.55. The van der Waals surface area contributed by atoms with E-state index in [9.17, 15) is 8.78 Å². The second-order valence-electron chi connectivity index (χ2n) is 4.10. The number of nitrogens with zero attached hydrogens (tertiary/aromatic N) is 2. The Balaban J connectivity index is 2.01. The van der Waals surface area contributed by atoms with Gasteiger partial charge in [-0.25, -0.2) is 13.8 Å². The molecule has 90 valence electrons. The maximum absolute atomic E-state index is 13.6. The highest BCUT2D eigenvalue weighted by Gasteiger charge is 2.07. The van der Waals surface area contributed by atoms with Gasteiger partial charge in [0, 0.05) is 11.6 Å². The second kappa shape index (κ2) is 4.22. The van der Waals surface area contributed by atoms with E-state index in [1.54, 1.807) is 6.33 Å². The second-order valence-corrected chi connectivity index (χ2v) is 4.10. The molecule has 1 heterocycles. The van der Waals surface area contributed by atoms with Crippen LogP contribution < -0.4 is 0 Å². The summed E-state index contributed by atoms with van der Waals surface area (Å²) < 4.78 is 28.2. The van der Waals surface area contributed by atoms with Gasteiger partial charge >= 0.3 is 0 Å². The average molecular weight is 244 g/mol. The summed E-state index contributed by atoms with van der Waals surface area (Å²) in [4.78, 5) is 4.23. The van der Waals surface area contributed by atoms with Gasteiger partial charge in [-0.3, -0.25) is 0 Å². The molecule has 0 atom stereocenters. The molecule has 0 fully saturated rings. The molecule has 0 N–H and O–H groups in total. The van der Waals surface area contributed by atoms with Crippen molar-refractivity contribution in [2.45, 2.75) is 6.54 Å². The molecule has 0 unspecified atom stereocenters. The number of imidazole rings is 1. The van der Waals surface area contributed by atoms with Crippen molar-refractivity contribution in [2.24, 2.45) is 0 Å². The van der Waals surface area contributed by atoms with Crippen molar-refractivity contribution < 1.29 is 8.78 Å². The number of rotatable bonds is 2. The zero-order chi connectivity index (χ0) is 12.5. The van der Waals surface area contributed by atoms with E-state index < -0.39 is 11.6 Å². The first-order chi connectivity index (χ1) is 8.74. The molecule has 4 heteroatoms. The molecule has 0 spiro atoms. The predicted molar refractivity (Wildman–Crippen MR) is 65.2 cm³/mol. The van der Waals surface area contributed by atoms with Gasteiger partial charge in [0.15, 0.2) is 0 Å². The third-order valence-electron chi connectivity index (χ3n) is 2.88. The van der Waals surface area contributed by atoms with Crippen LogP contribution in [0.1, 0.15) is 5.56 Å². The molecule has 0 radical (unpaired) electrons. The first-order valence-corrected chi connectivity index (χ1v) is 5.58. The summed E-state index contributed by atoms with van der Waals surface area (Å²) in [5.41, 5.74) is 2.24. The molecular formula is C14H10F2N2. The minimum atomic E-state index is -0.563. The molecule has 0 saturated heterocycles. The number of hydrogen-bond acceptors (Lipinski definition) is 1. The van der Waals surface area contributed by atoms with Crippen molar-refractivity contribution in [3.63, 3.8) is 0 Å². The fourth-order valence-electron chi connectivity index (χ4n) is 1.97. The van der Waals surface area contributed by atoms with E-state index in [4.69, 9.17) is 0 Å². The lowest BCUT2D eigenvalue weighted by atomic mass is 10.2. The van der Waals surface area contributed by atoms with E-state index in [1.807, 2.05) is 28.8 Å². The van der Waals surface area contributed by atoms with Gasteiger partial charge in [0.05, 0.1) is 23.9 Å². The molecule has 3 rings (SSSR count). The van der Waals surface area contributed by atoms with Gasteiger partial charge in [-0.05, 0) is 18.2 Å². The van der Waals surface area contributed by atoms with Crippen LogP contribution in [0.25, 0.3) is 11.0 Å². The predicted octanol–water partition coefficient (Wildman–Crippen LogP) is 3.36. The summed E-state index contributed by atoms with van der Waals surface area (Å²) in [5.74, 6) is -1.10. The van der Waals surface area contributed by atoms with Gasteiger partial charge in [-0.1, -0.05) is 18.2 Å². The van der Waals surface area contributed by atoms with Crippen molar-refractivity contribution in [2.75, 3.05) is 0 Å². The van der Waals surface area contributed by atoms with Crippen LogP contribution in [0, 0.1) is 11.6 Å². The number of benzene rings is 2. The monoisotopic (exact) mass is 244 g/mol. The molecule has 0 aliphatic heterocycles. The highest BCUT2D eigenvalue weighted by Crippen LogP contribution is 2.16. The first kappa shape index (κ1) is 10.9. The Morgan fingerprint density at radius 3 is 2.72 bits per heavy atom. The molecule has 3 aromatic rings. The van der Waals surface area contributed by atoms with Gasteiger partial charge in [0.1, 0.15) is 11.6 Å². The van der Waals surface area contributed by atoms with Crippen LogP contribution in [0.5, 0.6) is 0 Å². The molecule has 18 heavy (non-hydrogen) atoms. The van der Waals surface area contributed by atoms with E-state index in [2.05, 4.69) is 4.98 Å². The Labute approximate surface area is 103 Å². The number of para-hydroxylation sites is 2. The van der Waals surface area contributed by atoms with E-state index >= 15 is 0 Å². The van der Waals surface area contributed by atoms with E-state index in [1.165, 1.54) is 12.1 Å². The van der Waals surface area contributed by atoms with Crippen molar-refractivity contribution in [1.29, 1.82) is 0 Å². The zero-order valence-electron chi connectivity index (χ0n) is 9.48. The van der Waals surface area contributed by atoms with Crippen molar-refractivity contribution >= 4 is 11.0 Å². The lowest BCUT2D eigenvalue weighted by Gasteiger charge is -2.05. The summed E-state index contributed by atoms with van der Waals surface area (Å²) in [6.07, 6.45) is 1.66. The Morgan fingerprint density at radius 1 is 1.06 bits per heavy atom. The number of aromatic nitrogens is 2. The van der Waals surface area contributed by atoms with E-state index in [-0.39, 0.29) is 0 Å². The Hall–Kier alpha value is -2.23. The van der Waals surface area contributed by atoms with E-state index in [0.29, 0.717) is 12.1 Å². The van der Waals surface area contributed by atoms with Crippen LogP contribution in [0.15, 0.2) is 48.8 Å². The van der Waals surface area contributed by atoms with Crippen molar-refractivity contribution in [3.05, 3.63) is 66.0 Å². The van der Waals surface area contributed by atoms with Gasteiger partial charge in [-0.15, -0.1) is 0 Å². The van der Waals surface area contributed by atoms with Crippen molar-refractivity contribution in [1.82, 2.24) is 9.55 Å². The molecule has 0 bridgehead atoms. The topological polar surface area (TPSA) is 17.8 Å². The zero-order valence-corrected chi connectivity index (χ0v) is 9.48. The highest BCUT2D eigenvalue weighted by atomic mass is 19.1. The molecule has 0 aliphatic carbocycles. The fraction of sp³-hybridized carbons (Fsp3) is 0.0714. The Bertz CT molecular complexity index is 704. The summed E-state index contributed by atoms with van der Waals surface area (Å²) in [6, 6.07) is 11.2. The van der Waals surface area contributed by atoms with Crippen LogP contribution in [-0.4, -0.2) is 9.55 Å².